The van der Waals surface area contributed by atoms with E-state index in [0.717, 1.165) is 37.4 Å². The quantitative estimate of drug-likeness (QED) is 0.770. The van der Waals surface area contributed by atoms with Gasteiger partial charge in [0.05, 0.1) is 6.54 Å². The summed E-state index contributed by atoms with van der Waals surface area (Å²) in [6.07, 6.45) is 3.48. The van der Waals surface area contributed by atoms with E-state index in [1.165, 1.54) is 0 Å². The predicted molar refractivity (Wildman–Crippen MR) is 70.1 cm³/mol. The van der Waals surface area contributed by atoms with E-state index in [9.17, 15) is 4.79 Å². The Kier molecular flexibility index (Phi) is 3.52. The molecule has 0 bridgehead atoms. The molecule has 1 N–H and O–H groups in total. The van der Waals surface area contributed by atoms with Crippen LogP contribution in [0.25, 0.3) is 0 Å². The predicted octanol–water partition coefficient (Wildman–Crippen LogP) is 0.745. The summed E-state index contributed by atoms with van der Waals surface area (Å²) in [7, 11) is 0. The van der Waals surface area contributed by atoms with Crippen LogP contribution in [0.4, 0.5) is 5.82 Å². The molecule has 0 atom stereocenters. The zero-order valence-electron chi connectivity index (χ0n) is 10.4. The van der Waals surface area contributed by atoms with Crippen LogP contribution in [0.5, 0.6) is 0 Å². The van der Waals surface area contributed by atoms with Gasteiger partial charge in [0, 0.05) is 37.6 Å². The molecule has 0 aromatic carbocycles. The summed E-state index contributed by atoms with van der Waals surface area (Å²) in [5, 5.41) is 3.07. The maximum Gasteiger partial charge on any atom is 0.239 e. The molecular weight excluding hydrogens is 268 g/mol. The highest BCUT2D eigenvalue weighted by atomic mass is 35.5. The van der Waals surface area contributed by atoms with Crippen LogP contribution in [0.15, 0.2) is 6.20 Å². The van der Waals surface area contributed by atoms with Gasteiger partial charge < -0.3 is 15.0 Å². The van der Waals surface area contributed by atoms with Gasteiger partial charge >= 0.3 is 0 Å². The molecule has 0 spiro atoms. The highest BCUT2D eigenvalue weighted by Gasteiger charge is 2.29. The molecule has 102 valence electrons. The van der Waals surface area contributed by atoms with Gasteiger partial charge in [-0.25, -0.2) is 9.97 Å². The molecule has 19 heavy (non-hydrogen) atoms. The van der Waals surface area contributed by atoms with E-state index in [1.54, 1.807) is 6.20 Å². The second-order valence-corrected chi connectivity index (χ2v) is 5.07. The third-order valence-corrected chi connectivity index (χ3v) is 3.69. The molecule has 1 aromatic rings. The Bertz CT molecular complexity index is 491. The number of carbonyl (C=O) groups is 1. The third kappa shape index (κ3) is 2.64. The van der Waals surface area contributed by atoms with Crippen molar-refractivity contribution in [1.29, 1.82) is 0 Å². The van der Waals surface area contributed by atoms with E-state index in [1.807, 2.05) is 4.90 Å². The van der Waals surface area contributed by atoms with Crippen LogP contribution in [-0.2, 0) is 16.1 Å². The fourth-order valence-electron chi connectivity index (χ4n) is 2.53. The Balaban J connectivity index is 1.96. The van der Waals surface area contributed by atoms with Crippen LogP contribution < -0.4 is 10.2 Å². The van der Waals surface area contributed by atoms with Gasteiger partial charge in [0.1, 0.15) is 5.82 Å². The molecule has 1 saturated heterocycles. The largest absolute Gasteiger partial charge is 0.381 e. The van der Waals surface area contributed by atoms with Gasteiger partial charge in [-0.05, 0) is 24.4 Å². The number of anilines is 1. The number of ether oxygens (including phenoxy) is 1. The summed E-state index contributed by atoms with van der Waals surface area (Å²) in [5.74, 6) is 0.769. The monoisotopic (exact) mass is 282 g/mol. The second kappa shape index (κ2) is 5.30. The lowest BCUT2D eigenvalue weighted by molar-refractivity contribution is -0.119. The molecule has 7 heteroatoms. The van der Waals surface area contributed by atoms with Gasteiger partial charge in [-0.15, -0.1) is 0 Å². The first-order valence-corrected chi connectivity index (χ1v) is 6.74. The molecule has 0 unspecified atom stereocenters. The van der Waals surface area contributed by atoms with E-state index in [4.69, 9.17) is 16.3 Å². The van der Waals surface area contributed by atoms with Crippen LogP contribution in [-0.4, -0.2) is 41.7 Å². The number of rotatable bonds is 1. The summed E-state index contributed by atoms with van der Waals surface area (Å²) in [4.78, 5) is 22.2. The zero-order chi connectivity index (χ0) is 13.2. The van der Waals surface area contributed by atoms with Crippen LogP contribution in [0, 0.1) is 0 Å². The van der Waals surface area contributed by atoms with Crippen molar-refractivity contribution in [3.8, 4) is 0 Å². The smallest absolute Gasteiger partial charge is 0.239 e. The van der Waals surface area contributed by atoms with Crippen molar-refractivity contribution in [1.82, 2.24) is 15.3 Å². The molecule has 1 fully saturated rings. The minimum absolute atomic E-state index is 0.000569. The summed E-state index contributed by atoms with van der Waals surface area (Å²) >= 11 is 5.89. The average molecular weight is 283 g/mol. The van der Waals surface area contributed by atoms with Crippen molar-refractivity contribution in [2.45, 2.75) is 25.4 Å². The van der Waals surface area contributed by atoms with Crippen molar-refractivity contribution in [2.75, 3.05) is 24.7 Å². The van der Waals surface area contributed by atoms with Crippen molar-refractivity contribution in [3.05, 3.63) is 17.0 Å². The summed E-state index contributed by atoms with van der Waals surface area (Å²) in [5.41, 5.74) is 0.904. The SMILES string of the molecule is O=C1CN(C2CCOCC2)c2nc(Cl)ncc2CN1. The standard InChI is InChI=1S/C12H15ClN4O2/c13-12-15-6-8-5-14-10(18)7-17(11(8)16-12)9-1-3-19-4-2-9/h6,9H,1-5,7H2,(H,14,18). The Morgan fingerprint density at radius 1 is 1.42 bits per heavy atom. The molecule has 0 aliphatic carbocycles. The lowest BCUT2D eigenvalue weighted by atomic mass is 10.1. The number of fused-ring (bicyclic) bond motifs is 1. The Hall–Kier alpha value is -1.40. The summed E-state index contributed by atoms with van der Waals surface area (Å²) < 4.78 is 5.37. The van der Waals surface area contributed by atoms with E-state index >= 15 is 0 Å². The van der Waals surface area contributed by atoms with Crippen LogP contribution in [0.3, 0.4) is 0 Å². The molecular formula is C12H15ClN4O2. The first-order valence-electron chi connectivity index (χ1n) is 6.36. The van der Waals surface area contributed by atoms with Crippen molar-refractivity contribution < 1.29 is 9.53 Å². The molecule has 1 aromatic heterocycles. The summed E-state index contributed by atoms with van der Waals surface area (Å²) in [6, 6.07) is 0.266. The number of hydrogen-bond acceptors (Lipinski definition) is 5. The third-order valence-electron chi connectivity index (χ3n) is 3.51. The fraction of sp³-hybridized carbons (Fsp3) is 0.583. The van der Waals surface area contributed by atoms with Gasteiger partial charge in [0.2, 0.25) is 11.2 Å². The number of nitrogens with zero attached hydrogens (tertiary/aromatic N) is 3. The Morgan fingerprint density at radius 3 is 3.00 bits per heavy atom. The summed E-state index contributed by atoms with van der Waals surface area (Å²) in [6.45, 7) is 2.20. The van der Waals surface area contributed by atoms with E-state index in [0.29, 0.717) is 13.1 Å². The lowest BCUT2D eigenvalue weighted by Crippen LogP contribution is -2.44. The number of hydrogen-bond donors (Lipinski definition) is 1. The molecule has 3 rings (SSSR count). The average Bonchev–Trinajstić information content (AvgIpc) is 2.59. The van der Waals surface area contributed by atoms with Gasteiger partial charge in [-0.3, -0.25) is 4.79 Å². The fourth-order valence-corrected chi connectivity index (χ4v) is 2.66. The molecule has 2 aliphatic heterocycles. The Morgan fingerprint density at radius 2 is 2.21 bits per heavy atom. The number of aromatic nitrogens is 2. The van der Waals surface area contributed by atoms with Crippen LogP contribution >= 0.6 is 11.6 Å². The second-order valence-electron chi connectivity index (χ2n) is 4.74. The normalized spacial score (nSPS) is 20.7. The molecule has 1 amide bonds. The maximum atomic E-state index is 11.8. The Labute approximate surface area is 116 Å². The zero-order valence-corrected chi connectivity index (χ0v) is 11.2. The number of amides is 1. The molecule has 3 heterocycles. The first-order chi connectivity index (χ1) is 9.24. The topological polar surface area (TPSA) is 67.4 Å². The lowest BCUT2D eigenvalue weighted by Gasteiger charge is -2.34. The minimum Gasteiger partial charge on any atom is -0.381 e. The minimum atomic E-state index is 0.000569. The van der Waals surface area contributed by atoms with Crippen molar-refractivity contribution >= 4 is 23.3 Å². The van der Waals surface area contributed by atoms with Gasteiger partial charge in [0.15, 0.2) is 0 Å². The molecule has 2 aliphatic rings. The van der Waals surface area contributed by atoms with Gasteiger partial charge in [-0.1, -0.05) is 0 Å². The van der Waals surface area contributed by atoms with Crippen LogP contribution in [0.2, 0.25) is 5.28 Å². The molecule has 0 saturated carbocycles. The number of halogens is 1. The van der Waals surface area contributed by atoms with Crippen molar-refractivity contribution in [3.63, 3.8) is 0 Å². The number of nitrogens with one attached hydrogen (secondary N) is 1. The molecule has 0 radical (unpaired) electrons. The molecule has 6 nitrogen and oxygen atoms in total. The highest BCUT2D eigenvalue weighted by Crippen LogP contribution is 2.26. The maximum absolute atomic E-state index is 11.8. The van der Waals surface area contributed by atoms with E-state index in [-0.39, 0.29) is 17.2 Å². The van der Waals surface area contributed by atoms with E-state index in [2.05, 4.69) is 15.3 Å². The first kappa shape index (κ1) is 12.6. The van der Waals surface area contributed by atoms with Gasteiger partial charge in [0.25, 0.3) is 0 Å². The number of carbonyl (C=O) groups excluding carboxylic acids is 1. The van der Waals surface area contributed by atoms with Crippen LogP contribution in [0.1, 0.15) is 18.4 Å². The van der Waals surface area contributed by atoms with E-state index < -0.39 is 0 Å². The van der Waals surface area contributed by atoms with Gasteiger partial charge in [-0.2, -0.15) is 0 Å². The highest BCUT2D eigenvalue weighted by molar-refractivity contribution is 6.28. The van der Waals surface area contributed by atoms with Crippen molar-refractivity contribution in [2.24, 2.45) is 0 Å².